The molecule has 21 heavy (non-hydrogen) atoms. The van der Waals surface area contributed by atoms with E-state index in [1.54, 1.807) is 0 Å². The minimum absolute atomic E-state index is 0.196. The van der Waals surface area contributed by atoms with Gasteiger partial charge in [0.15, 0.2) is 10.1 Å². The number of aliphatic hydroxyl groups is 1. The SMILES string of the molecule is Cc1nc(Cl)sc1Sc1ccc(C(C)(O)C(F)(F)F)cc1. The molecule has 8 heteroatoms. The van der Waals surface area contributed by atoms with Crippen molar-refractivity contribution in [2.24, 2.45) is 0 Å². The monoisotopic (exact) mass is 353 g/mol. The van der Waals surface area contributed by atoms with Crippen molar-refractivity contribution in [2.75, 3.05) is 0 Å². The van der Waals surface area contributed by atoms with E-state index in [1.165, 1.54) is 47.4 Å². The second-order valence-corrected chi connectivity index (χ2v) is 7.46. The molecule has 0 spiro atoms. The molecule has 1 N–H and O–H groups in total. The zero-order valence-electron chi connectivity index (χ0n) is 11.0. The molecule has 0 bridgehead atoms. The predicted octanol–water partition coefficient (Wildman–Crippen LogP) is 5.03. The first-order valence-corrected chi connectivity index (χ1v) is 7.83. The number of halogens is 4. The van der Waals surface area contributed by atoms with Crippen molar-refractivity contribution < 1.29 is 18.3 Å². The molecule has 0 fully saturated rings. The predicted molar refractivity (Wildman–Crippen MR) is 78.1 cm³/mol. The molecule has 1 unspecified atom stereocenters. The zero-order chi connectivity index (χ0) is 15.8. The average Bonchev–Trinajstić information content (AvgIpc) is 2.67. The van der Waals surface area contributed by atoms with Gasteiger partial charge in [-0.2, -0.15) is 13.2 Å². The lowest BCUT2D eigenvalue weighted by Crippen LogP contribution is -2.39. The first-order chi connectivity index (χ1) is 9.61. The largest absolute Gasteiger partial charge is 0.421 e. The van der Waals surface area contributed by atoms with Crippen LogP contribution in [-0.2, 0) is 5.60 Å². The molecule has 2 nitrogen and oxygen atoms in total. The van der Waals surface area contributed by atoms with E-state index >= 15 is 0 Å². The van der Waals surface area contributed by atoms with Gasteiger partial charge in [-0.05, 0) is 31.5 Å². The molecule has 0 aliphatic carbocycles. The molecule has 1 heterocycles. The van der Waals surface area contributed by atoms with Crippen molar-refractivity contribution in [3.8, 4) is 0 Å². The van der Waals surface area contributed by atoms with Crippen LogP contribution in [0.2, 0.25) is 4.47 Å². The van der Waals surface area contributed by atoms with Gasteiger partial charge >= 0.3 is 6.18 Å². The van der Waals surface area contributed by atoms with E-state index in [9.17, 15) is 18.3 Å². The Morgan fingerprint density at radius 2 is 1.81 bits per heavy atom. The fourth-order valence-corrected chi connectivity index (χ4v) is 3.96. The van der Waals surface area contributed by atoms with E-state index < -0.39 is 11.8 Å². The molecule has 1 aromatic carbocycles. The smallest absolute Gasteiger partial charge is 0.376 e. The number of benzene rings is 1. The summed E-state index contributed by atoms with van der Waals surface area (Å²) in [4.78, 5) is 4.82. The number of hydrogen-bond acceptors (Lipinski definition) is 4. The van der Waals surface area contributed by atoms with Crippen LogP contribution in [0.25, 0.3) is 0 Å². The second kappa shape index (κ2) is 5.79. The van der Waals surface area contributed by atoms with Gasteiger partial charge in [0, 0.05) is 4.90 Å². The molecule has 0 amide bonds. The molecular formula is C13H11ClF3NOS2. The minimum atomic E-state index is -4.72. The summed E-state index contributed by atoms with van der Waals surface area (Å²) >= 11 is 8.48. The van der Waals surface area contributed by atoms with E-state index in [-0.39, 0.29) is 5.56 Å². The number of hydrogen-bond donors (Lipinski definition) is 1. The molecule has 2 rings (SSSR count). The third kappa shape index (κ3) is 3.53. The lowest BCUT2D eigenvalue weighted by Gasteiger charge is -2.26. The van der Waals surface area contributed by atoms with Gasteiger partial charge in [0.05, 0.1) is 9.90 Å². The third-order valence-corrected chi connectivity index (χ3v) is 5.45. The highest BCUT2D eigenvalue weighted by molar-refractivity contribution is 8.01. The van der Waals surface area contributed by atoms with Crippen molar-refractivity contribution in [3.05, 3.63) is 40.0 Å². The van der Waals surface area contributed by atoms with Gasteiger partial charge < -0.3 is 5.11 Å². The highest BCUT2D eigenvalue weighted by Crippen LogP contribution is 2.40. The summed E-state index contributed by atoms with van der Waals surface area (Å²) in [5.74, 6) is 0. The number of alkyl halides is 3. The van der Waals surface area contributed by atoms with Crippen molar-refractivity contribution in [2.45, 2.75) is 34.7 Å². The summed E-state index contributed by atoms with van der Waals surface area (Å²) in [6.07, 6.45) is -4.72. The summed E-state index contributed by atoms with van der Waals surface area (Å²) < 4.78 is 39.5. The normalized spacial score (nSPS) is 15.0. The van der Waals surface area contributed by atoms with Gasteiger partial charge in [-0.25, -0.2) is 4.98 Å². The number of aromatic nitrogens is 1. The minimum Gasteiger partial charge on any atom is -0.376 e. The van der Waals surface area contributed by atoms with E-state index in [0.29, 0.717) is 4.47 Å². The Bertz CT molecular complexity index is 638. The maximum Gasteiger partial charge on any atom is 0.421 e. The summed E-state index contributed by atoms with van der Waals surface area (Å²) in [6.45, 7) is 2.55. The Hall–Kier alpha value is -0.760. The molecule has 114 valence electrons. The van der Waals surface area contributed by atoms with Crippen LogP contribution in [0.5, 0.6) is 0 Å². The molecule has 1 aromatic heterocycles. The summed E-state index contributed by atoms with van der Waals surface area (Å²) in [5, 5.41) is 9.59. The number of aryl methyl sites for hydroxylation is 1. The van der Waals surface area contributed by atoms with Gasteiger partial charge in [-0.15, -0.1) is 0 Å². The molecular weight excluding hydrogens is 343 g/mol. The molecule has 0 saturated carbocycles. The standard InChI is InChI=1S/C13H11ClF3NOS2/c1-7-10(21-11(14)18-7)20-9-5-3-8(4-6-9)12(2,19)13(15,16)17/h3-6,19H,1-2H3. The number of nitrogens with zero attached hydrogens (tertiary/aromatic N) is 1. The van der Waals surface area contributed by atoms with Crippen LogP contribution in [-0.4, -0.2) is 16.3 Å². The third-order valence-electron chi connectivity index (χ3n) is 2.91. The lowest BCUT2D eigenvalue weighted by molar-refractivity contribution is -0.258. The van der Waals surface area contributed by atoms with Crippen LogP contribution in [0.4, 0.5) is 13.2 Å². The topological polar surface area (TPSA) is 33.1 Å². The molecule has 0 aliphatic rings. The summed E-state index contributed by atoms with van der Waals surface area (Å²) in [6, 6.07) is 5.61. The van der Waals surface area contributed by atoms with Crippen molar-refractivity contribution in [3.63, 3.8) is 0 Å². The van der Waals surface area contributed by atoms with E-state index in [1.807, 2.05) is 6.92 Å². The maximum absolute atomic E-state index is 12.7. The van der Waals surface area contributed by atoms with Crippen LogP contribution in [0, 0.1) is 6.92 Å². The van der Waals surface area contributed by atoms with E-state index in [0.717, 1.165) is 21.7 Å². The quantitative estimate of drug-likeness (QED) is 0.840. The van der Waals surface area contributed by atoms with Gasteiger partial charge in [0.1, 0.15) is 0 Å². The molecule has 2 aromatic rings. The van der Waals surface area contributed by atoms with Crippen molar-refractivity contribution in [1.29, 1.82) is 0 Å². The Morgan fingerprint density at radius 3 is 2.24 bits per heavy atom. The highest BCUT2D eigenvalue weighted by Gasteiger charge is 2.51. The molecule has 0 saturated heterocycles. The highest BCUT2D eigenvalue weighted by atomic mass is 35.5. The first-order valence-electron chi connectivity index (χ1n) is 5.81. The van der Waals surface area contributed by atoms with Gasteiger partial charge in [-0.3, -0.25) is 0 Å². The van der Waals surface area contributed by atoms with E-state index in [2.05, 4.69) is 4.98 Å². The van der Waals surface area contributed by atoms with Gasteiger partial charge in [0.2, 0.25) is 0 Å². The Balaban J connectivity index is 2.22. The summed E-state index contributed by atoms with van der Waals surface area (Å²) in [7, 11) is 0. The van der Waals surface area contributed by atoms with Crippen LogP contribution in [0.3, 0.4) is 0 Å². The van der Waals surface area contributed by atoms with Gasteiger partial charge in [0.25, 0.3) is 0 Å². The van der Waals surface area contributed by atoms with Crippen LogP contribution in [0.1, 0.15) is 18.2 Å². The summed E-state index contributed by atoms with van der Waals surface area (Å²) in [5.41, 5.74) is -2.28. The Labute approximate surface area is 133 Å². The Kier molecular flexibility index (Phi) is 4.58. The van der Waals surface area contributed by atoms with E-state index in [4.69, 9.17) is 11.6 Å². The second-order valence-electron chi connectivity index (χ2n) is 4.54. The average molecular weight is 354 g/mol. The Morgan fingerprint density at radius 1 is 1.24 bits per heavy atom. The lowest BCUT2D eigenvalue weighted by atomic mass is 9.96. The number of thiazole rings is 1. The van der Waals surface area contributed by atoms with Gasteiger partial charge in [-0.1, -0.05) is 46.8 Å². The maximum atomic E-state index is 12.7. The molecule has 0 radical (unpaired) electrons. The fraction of sp³-hybridized carbons (Fsp3) is 0.308. The molecule has 1 atom stereocenters. The van der Waals surface area contributed by atoms with Crippen LogP contribution < -0.4 is 0 Å². The molecule has 0 aliphatic heterocycles. The fourth-order valence-electron chi connectivity index (χ4n) is 1.56. The zero-order valence-corrected chi connectivity index (χ0v) is 13.4. The van der Waals surface area contributed by atoms with Crippen molar-refractivity contribution >= 4 is 34.7 Å². The first kappa shape index (κ1) is 16.6. The van der Waals surface area contributed by atoms with Crippen molar-refractivity contribution in [1.82, 2.24) is 4.98 Å². The van der Waals surface area contributed by atoms with Crippen LogP contribution in [0.15, 0.2) is 33.4 Å². The number of rotatable bonds is 3. The van der Waals surface area contributed by atoms with Crippen LogP contribution >= 0.6 is 34.7 Å².